The zero-order valence-corrected chi connectivity index (χ0v) is 18.5. The Morgan fingerprint density at radius 2 is 1.64 bits per heavy atom. The third-order valence-electron chi connectivity index (χ3n) is 5.82. The lowest BCUT2D eigenvalue weighted by molar-refractivity contribution is -0.274. The molecule has 2 aliphatic heterocycles. The van der Waals surface area contributed by atoms with Gasteiger partial charge in [0.1, 0.15) is 19.0 Å². The summed E-state index contributed by atoms with van der Waals surface area (Å²) in [4.78, 5) is 32.1. The van der Waals surface area contributed by atoms with E-state index in [1.54, 1.807) is 25.1 Å². The predicted molar refractivity (Wildman–Crippen MR) is 119 cm³/mol. The minimum absolute atomic E-state index is 0.124. The highest BCUT2D eigenvalue weighted by Gasteiger charge is 2.40. The second-order valence-electron chi connectivity index (χ2n) is 8.06. The number of fused-ring (bicyclic) bond motifs is 4. The predicted octanol–water partition coefficient (Wildman–Crippen LogP) is 4.20. The van der Waals surface area contributed by atoms with Gasteiger partial charge in [-0.2, -0.15) is 5.10 Å². The molecule has 36 heavy (non-hydrogen) atoms. The van der Waals surface area contributed by atoms with Gasteiger partial charge in [-0.05, 0) is 43.3 Å². The number of halogens is 3. The van der Waals surface area contributed by atoms with E-state index in [1.165, 1.54) is 23.0 Å². The number of hydrogen-bond donors (Lipinski definition) is 0. The van der Waals surface area contributed by atoms with E-state index in [0.717, 1.165) is 17.0 Å². The molecule has 4 aromatic rings. The van der Waals surface area contributed by atoms with Gasteiger partial charge in [-0.1, -0.05) is 0 Å². The molecular formula is C24H15F3N4O5. The lowest BCUT2D eigenvalue weighted by Gasteiger charge is -2.21. The molecule has 0 atom stereocenters. The number of benzene rings is 2. The van der Waals surface area contributed by atoms with Gasteiger partial charge in [-0.15, -0.1) is 13.2 Å². The molecule has 2 amide bonds. The second-order valence-corrected chi connectivity index (χ2v) is 8.06. The summed E-state index contributed by atoms with van der Waals surface area (Å²) in [5.74, 6) is -0.517. The first-order valence-electron chi connectivity index (χ1n) is 10.7. The average Bonchev–Trinajstić information content (AvgIpc) is 3.31. The summed E-state index contributed by atoms with van der Waals surface area (Å²) in [7, 11) is 0. The number of rotatable bonds is 3. The van der Waals surface area contributed by atoms with Crippen LogP contribution in [0.5, 0.6) is 17.2 Å². The number of carbonyl (C=O) groups excluding carboxylic acids is 2. The van der Waals surface area contributed by atoms with Crippen molar-refractivity contribution in [2.24, 2.45) is 0 Å². The van der Waals surface area contributed by atoms with E-state index < -0.39 is 18.2 Å². The summed E-state index contributed by atoms with van der Waals surface area (Å²) in [5.41, 5.74) is 1.70. The fourth-order valence-corrected chi connectivity index (χ4v) is 4.34. The fraction of sp³-hybridized carbons (Fsp3) is 0.167. The van der Waals surface area contributed by atoms with Gasteiger partial charge >= 0.3 is 6.36 Å². The summed E-state index contributed by atoms with van der Waals surface area (Å²) >= 11 is 0. The van der Waals surface area contributed by atoms with Crippen molar-refractivity contribution in [1.29, 1.82) is 0 Å². The maximum absolute atomic E-state index is 13.5. The Hall–Kier alpha value is -4.61. The Kier molecular flexibility index (Phi) is 4.68. The van der Waals surface area contributed by atoms with Crippen LogP contribution in [0, 0.1) is 6.92 Å². The van der Waals surface area contributed by atoms with Gasteiger partial charge in [0.15, 0.2) is 17.1 Å². The van der Waals surface area contributed by atoms with Crippen LogP contribution in [0.1, 0.15) is 26.4 Å². The SMILES string of the molecule is Cc1nn(-c2ccc(OC(F)(F)F)cc2)c2ncc3c(c12)C(=O)N(c1ccc2c(c1)OCCO2)C3=O. The van der Waals surface area contributed by atoms with E-state index in [0.29, 0.717) is 47.2 Å². The van der Waals surface area contributed by atoms with Crippen LogP contribution >= 0.6 is 0 Å². The van der Waals surface area contributed by atoms with Gasteiger partial charge in [0.05, 0.1) is 33.6 Å². The Labute approximate surface area is 200 Å². The van der Waals surface area contributed by atoms with Crippen LogP contribution in [0.15, 0.2) is 48.7 Å². The van der Waals surface area contributed by atoms with Crippen molar-refractivity contribution in [3.8, 4) is 22.9 Å². The molecule has 0 unspecified atom stereocenters. The van der Waals surface area contributed by atoms with Gasteiger partial charge in [0.2, 0.25) is 0 Å². The normalized spacial score (nSPS) is 14.9. The van der Waals surface area contributed by atoms with Gasteiger partial charge in [0, 0.05) is 12.3 Å². The van der Waals surface area contributed by atoms with Crippen LogP contribution in [-0.2, 0) is 0 Å². The summed E-state index contributed by atoms with van der Waals surface area (Å²) < 4.78 is 53.8. The molecule has 4 heterocycles. The number of pyridine rings is 1. The molecule has 9 nitrogen and oxygen atoms in total. The standard InChI is InChI=1S/C24H15F3N4O5/c1-12-19-20-16(22(32)30(23(20)33)14-4-7-17-18(10-14)35-9-8-34-17)11-28-21(19)31(29-12)13-2-5-15(6-3-13)36-24(25,26)27/h2-7,10-11H,8-9H2,1H3. The minimum atomic E-state index is -4.81. The van der Waals surface area contributed by atoms with Gasteiger partial charge in [-0.25, -0.2) is 14.6 Å². The molecule has 0 spiro atoms. The summed E-state index contributed by atoms with van der Waals surface area (Å²) in [6.45, 7) is 2.42. The molecule has 0 saturated heterocycles. The van der Waals surface area contributed by atoms with Gasteiger partial charge in [0.25, 0.3) is 11.8 Å². The highest BCUT2D eigenvalue weighted by Crippen LogP contribution is 2.39. The monoisotopic (exact) mass is 496 g/mol. The van der Waals surface area contributed by atoms with Crippen LogP contribution in [0.25, 0.3) is 16.7 Å². The van der Waals surface area contributed by atoms with Crippen molar-refractivity contribution in [3.05, 3.63) is 65.5 Å². The third kappa shape index (κ3) is 3.41. The number of imide groups is 1. The Morgan fingerprint density at radius 1 is 0.944 bits per heavy atom. The molecule has 0 radical (unpaired) electrons. The number of alkyl halides is 3. The summed E-state index contributed by atoms with van der Waals surface area (Å²) in [6, 6.07) is 9.88. The van der Waals surface area contributed by atoms with Crippen LogP contribution in [0.2, 0.25) is 0 Å². The molecule has 0 N–H and O–H groups in total. The number of nitrogens with zero attached hydrogens (tertiary/aromatic N) is 4. The van der Waals surface area contributed by atoms with Gasteiger partial charge in [-0.3, -0.25) is 9.59 Å². The van der Waals surface area contributed by atoms with Crippen molar-refractivity contribution in [3.63, 3.8) is 0 Å². The second kappa shape index (κ2) is 7.70. The number of carbonyl (C=O) groups is 2. The first kappa shape index (κ1) is 21.9. The average molecular weight is 496 g/mol. The molecular weight excluding hydrogens is 481 g/mol. The number of ether oxygens (including phenoxy) is 3. The van der Waals surface area contributed by atoms with E-state index in [9.17, 15) is 22.8 Å². The molecule has 0 bridgehead atoms. The van der Waals surface area contributed by atoms with E-state index >= 15 is 0 Å². The first-order chi connectivity index (χ1) is 17.2. The number of amides is 2. The van der Waals surface area contributed by atoms with Crippen LogP contribution in [-0.4, -0.2) is 46.2 Å². The molecule has 2 aromatic carbocycles. The Balaban J connectivity index is 1.41. The fourth-order valence-electron chi connectivity index (χ4n) is 4.34. The summed E-state index contributed by atoms with van der Waals surface area (Å²) in [5, 5.41) is 4.81. The molecule has 12 heteroatoms. The summed E-state index contributed by atoms with van der Waals surface area (Å²) in [6.07, 6.45) is -3.51. The maximum Gasteiger partial charge on any atom is 0.573 e. The molecule has 6 rings (SSSR count). The third-order valence-corrected chi connectivity index (χ3v) is 5.82. The Bertz CT molecular complexity index is 1560. The van der Waals surface area contributed by atoms with Crippen molar-refractivity contribution in [2.75, 3.05) is 18.1 Å². The largest absolute Gasteiger partial charge is 0.573 e. The molecule has 0 aliphatic carbocycles. The van der Waals surface area contributed by atoms with E-state index in [2.05, 4.69) is 14.8 Å². The van der Waals surface area contributed by atoms with E-state index in [1.807, 2.05) is 0 Å². The topological polar surface area (TPSA) is 95.8 Å². The smallest absolute Gasteiger partial charge is 0.486 e. The van der Waals surface area contributed by atoms with Crippen molar-refractivity contribution in [1.82, 2.24) is 14.8 Å². The van der Waals surface area contributed by atoms with E-state index in [-0.39, 0.29) is 22.5 Å². The molecule has 0 saturated carbocycles. The van der Waals surface area contributed by atoms with Crippen LogP contribution < -0.4 is 19.1 Å². The molecule has 0 fully saturated rings. The molecule has 2 aliphatic rings. The number of hydrogen-bond acceptors (Lipinski definition) is 7. The van der Waals surface area contributed by atoms with Crippen molar-refractivity contribution < 1.29 is 37.0 Å². The van der Waals surface area contributed by atoms with Gasteiger partial charge < -0.3 is 14.2 Å². The van der Waals surface area contributed by atoms with Crippen LogP contribution in [0.4, 0.5) is 18.9 Å². The highest BCUT2D eigenvalue weighted by atomic mass is 19.4. The zero-order valence-electron chi connectivity index (χ0n) is 18.5. The molecule has 2 aromatic heterocycles. The first-order valence-corrected chi connectivity index (χ1v) is 10.7. The van der Waals surface area contributed by atoms with Crippen molar-refractivity contribution in [2.45, 2.75) is 13.3 Å². The number of anilines is 1. The zero-order chi connectivity index (χ0) is 25.2. The minimum Gasteiger partial charge on any atom is -0.486 e. The number of aromatic nitrogens is 3. The molecule has 182 valence electrons. The van der Waals surface area contributed by atoms with Crippen molar-refractivity contribution >= 4 is 28.5 Å². The van der Waals surface area contributed by atoms with Crippen LogP contribution in [0.3, 0.4) is 0 Å². The quantitative estimate of drug-likeness (QED) is 0.393. The highest BCUT2D eigenvalue weighted by molar-refractivity contribution is 6.37. The lowest BCUT2D eigenvalue weighted by atomic mass is 10.1. The lowest BCUT2D eigenvalue weighted by Crippen LogP contribution is -2.29. The number of aryl methyl sites for hydroxylation is 1. The maximum atomic E-state index is 13.5. The Morgan fingerprint density at radius 3 is 2.36 bits per heavy atom. The van der Waals surface area contributed by atoms with E-state index in [4.69, 9.17) is 9.47 Å².